The predicted molar refractivity (Wildman–Crippen MR) is 64.3 cm³/mol. The maximum absolute atomic E-state index is 5.44. The molecule has 1 aliphatic heterocycles. The summed E-state index contributed by atoms with van der Waals surface area (Å²) < 4.78 is 6.72. The van der Waals surface area contributed by atoms with Crippen molar-refractivity contribution in [1.82, 2.24) is 0 Å². The van der Waals surface area contributed by atoms with Gasteiger partial charge in [0.25, 0.3) is 0 Å². The molecule has 1 aliphatic carbocycles. The van der Waals surface area contributed by atoms with Crippen molar-refractivity contribution in [1.29, 1.82) is 0 Å². The van der Waals surface area contributed by atoms with Crippen LogP contribution in [-0.2, 0) is 4.74 Å². The van der Waals surface area contributed by atoms with Crippen molar-refractivity contribution < 1.29 is 4.74 Å². The maximum atomic E-state index is 5.44. The zero-order valence-corrected chi connectivity index (χ0v) is 10.3. The Bertz CT molecular complexity index is 365. The Hall–Kier alpha value is -0.340. The fraction of sp³-hybridized carbons (Fsp3) is 0.538. The monoisotopic (exact) mass is 266 g/mol. The van der Waals surface area contributed by atoms with E-state index in [-0.39, 0.29) is 0 Å². The van der Waals surface area contributed by atoms with Gasteiger partial charge in [0.2, 0.25) is 0 Å². The minimum atomic E-state index is 0.604. The molecule has 1 aromatic rings. The first kappa shape index (κ1) is 9.86. The third-order valence-corrected chi connectivity index (χ3v) is 4.13. The average molecular weight is 267 g/mol. The number of rotatable bonds is 2. The van der Waals surface area contributed by atoms with Gasteiger partial charge in [-0.3, -0.25) is 0 Å². The first-order valence-electron chi connectivity index (χ1n) is 5.71. The van der Waals surface area contributed by atoms with Gasteiger partial charge in [-0.05, 0) is 42.4 Å². The van der Waals surface area contributed by atoms with E-state index in [1.165, 1.54) is 34.9 Å². The van der Waals surface area contributed by atoms with Crippen LogP contribution in [0.1, 0.15) is 42.2 Å². The molecule has 1 unspecified atom stereocenters. The highest BCUT2D eigenvalue weighted by molar-refractivity contribution is 9.10. The Morgan fingerprint density at radius 1 is 1.13 bits per heavy atom. The normalized spacial score (nSPS) is 25.8. The molecule has 0 spiro atoms. The summed E-state index contributed by atoms with van der Waals surface area (Å²) in [6.45, 7) is 1.81. The second-order valence-corrected chi connectivity index (χ2v) is 5.47. The van der Waals surface area contributed by atoms with Crippen LogP contribution in [0, 0.1) is 0 Å². The molecule has 0 amide bonds. The van der Waals surface area contributed by atoms with E-state index in [9.17, 15) is 0 Å². The van der Waals surface area contributed by atoms with Crippen LogP contribution in [0.3, 0.4) is 0 Å². The molecule has 0 radical (unpaired) electrons. The Kier molecular flexibility index (Phi) is 2.57. The molecule has 80 valence electrons. The zero-order valence-electron chi connectivity index (χ0n) is 8.71. The summed E-state index contributed by atoms with van der Waals surface area (Å²) in [6.07, 6.45) is 3.91. The largest absolute Gasteiger partial charge is 0.381 e. The highest BCUT2D eigenvalue weighted by Gasteiger charge is 2.25. The van der Waals surface area contributed by atoms with Crippen LogP contribution in [0.5, 0.6) is 0 Å². The summed E-state index contributed by atoms with van der Waals surface area (Å²) >= 11 is 3.70. The van der Waals surface area contributed by atoms with Crippen LogP contribution in [-0.4, -0.2) is 13.2 Å². The number of ether oxygens (including phenoxy) is 1. The number of hydrogen-bond acceptors (Lipinski definition) is 1. The van der Waals surface area contributed by atoms with E-state index in [0.29, 0.717) is 5.92 Å². The minimum Gasteiger partial charge on any atom is -0.381 e. The molecule has 0 N–H and O–H groups in total. The van der Waals surface area contributed by atoms with E-state index < -0.39 is 0 Å². The van der Waals surface area contributed by atoms with Gasteiger partial charge in [-0.15, -0.1) is 0 Å². The van der Waals surface area contributed by atoms with Gasteiger partial charge in [0.1, 0.15) is 0 Å². The molecule has 1 saturated carbocycles. The third-order valence-electron chi connectivity index (χ3n) is 3.44. The maximum Gasteiger partial charge on any atom is 0.0535 e. The van der Waals surface area contributed by atoms with E-state index in [0.717, 1.165) is 19.1 Å². The fourth-order valence-electron chi connectivity index (χ4n) is 2.32. The number of benzene rings is 1. The van der Waals surface area contributed by atoms with Crippen molar-refractivity contribution in [3.63, 3.8) is 0 Å². The summed E-state index contributed by atoms with van der Waals surface area (Å²) in [5, 5.41) is 0. The van der Waals surface area contributed by atoms with Crippen LogP contribution in [0.2, 0.25) is 0 Å². The van der Waals surface area contributed by atoms with Crippen LogP contribution >= 0.6 is 15.9 Å². The van der Waals surface area contributed by atoms with Gasteiger partial charge in [0, 0.05) is 17.0 Å². The van der Waals surface area contributed by atoms with Gasteiger partial charge in [0.05, 0.1) is 6.61 Å². The third kappa shape index (κ3) is 1.98. The molecule has 1 atom stereocenters. The molecule has 0 bridgehead atoms. The second kappa shape index (κ2) is 3.91. The Morgan fingerprint density at radius 3 is 2.60 bits per heavy atom. The lowest BCUT2D eigenvalue weighted by Crippen LogP contribution is -1.99. The fourth-order valence-corrected chi connectivity index (χ4v) is 3.05. The van der Waals surface area contributed by atoms with Crippen molar-refractivity contribution in [2.45, 2.75) is 31.1 Å². The number of hydrogen-bond donors (Lipinski definition) is 0. The Morgan fingerprint density at radius 2 is 2.00 bits per heavy atom. The van der Waals surface area contributed by atoms with E-state index in [1.54, 1.807) is 0 Å². The molecular formula is C13H15BrO. The minimum absolute atomic E-state index is 0.604. The molecule has 1 heterocycles. The molecule has 15 heavy (non-hydrogen) atoms. The summed E-state index contributed by atoms with van der Waals surface area (Å²) in [4.78, 5) is 0. The quantitative estimate of drug-likeness (QED) is 0.791. The van der Waals surface area contributed by atoms with Crippen LogP contribution in [0.25, 0.3) is 0 Å². The van der Waals surface area contributed by atoms with Crippen molar-refractivity contribution in [3.8, 4) is 0 Å². The molecule has 3 rings (SSSR count). The Labute approximate surface area is 99.0 Å². The zero-order chi connectivity index (χ0) is 10.3. The van der Waals surface area contributed by atoms with Gasteiger partial charge in [-0.1, -0.05) is 28.1 Å². The van der Waals surface area contributed by atoms with Crippen molar-refractivity contribution >= 4 is 15.9 Å². The van der Waals surface area contributed by atoms with E-state index in [1.807, 2.05) is 0 Å². The van der Waals surface area contributed by atoms with Crippen molar-refractivity contribution in [2.24, 2.45) is 0 Å². The second-order valence-electron chi connectivity index (χ2n) is 4.62. The van der Waals surface area contributed by atoms with Crippen LogP contribution in [0.15, 0.2) is 22.7 Å². The average Bonchev–Trinajstić information content (AvgIpc) is 2.95. The number of halogens is 1. The van der Waals surface area contributed by atoms with E-state index >= 15 is 0 Å². The molecule has 1 saturated heterocycles. The lowest BCUT2D eigenvalue weighted by atomic mass is 9.96. The van der Waals surface area contributed by atoms with Gasteiger partial charge in [-0.25, -0.2) is 0 Å². The van der Waals surface area contributed by atoms with Gasteiger partial charge in [0.15, 0.2) is 0 Å². The molecular weight excluding hydrogens is 252 g/mol. The molecule has 1 aromatic carbocycles. The summed E-state index contributed by atoms with van der Waals surface area (Å²) in [5.74, 6) is 1.45. The first-order chi connectivity index (χ1) is 7.34. The smallest absolute Gasteiger partial charge is 0.0535 e. The van der Waals surface area contributed by atoms with Gasteiger partial charge >= 0.3 is 0 Å². The SMILES string of the molecule is Brc1cc(C2CC2)ccc1C1CCOC1. The summed E-state index contributed by atoms with van der Waals surface area (Å²) in [7, 11) is 0. The predicted octanol–water partition coefficient (Wildman–Crippen LogP) is 3.83. The highest BCUT2D eigenvalue weighted by Crippen LogP contribution is 2.42. The van der Waals surface area contributed by atoms with Crippen molar-refractivity contribution in [3.05, 3.63) is 33.8 Å². The summed E-state index contributed by atoms with van der Waals surface area (Å²) in [6, 6.07) is 6.90. The molecule has 0 aromatic heterocycles. The molecule has 1 nitrogen and oxygen atoms in total. The van der Waals surface area contributed by atoms with Gasteiger partial charge < -0.3 is 4.74 Å². The lowest BCUT2D eigenvalue weighted by molar-refractivity contribution is 0.194. The topological polar surface area (TPSA) is 9.23 Å². The van der Waals surface area contributed by atoms with Gasteiger partial charge in [-0.2, -0.15) is 0 Å². The lowest BCUT2D eigenvalue weighted by Gasteiger charge is -2.11. The first-order valence-corrected chi connectivity index (χ1v) is 6.51. The molecule has 2 fully saturated rings. The van der Waals surface area contributed by atoms with E-state index in [2.05, 4.69) is 34.1 Å². The van der Waals surface area contributed by atoms with E-state index in [4.69, 9.17) is 4.74 Å². The van der Waals surface area contributed by atoms with Crippen molar-refractivity contribution in [2.75, 3.05) is 13.2 Å². The van der Waals surface area contributed by atoms with Crippen LogP contribution in [0.4, 0.5) is 0 Å². The highest BCUT2D eigenvalue weighted by atomic mass is 79.9. The Balaban J connectivity index is 1.87. The summed E-state index contributed by atoms with van der Waals surface area (Å²) in [5.41, 5.74) is 2.93. The standard InChI is InChI=1S/C13H15BrO/c14-13-7-10(9-1-2-9)3-4-12(13)11-5-6-15-8-11/h3-4,7,9,11H,1-2,5-6,8H2. The van der Waals surface area contributed by atoms with Crippen LogP contribution < -0.4 is 0 Å². The molecule has 2 heteroatoms. The molecule has 2 aliphatic rings.